The topological polar surface area (TPSA) is 66.8 Å². The van der Waals surface area contributed by atoms with Gasteiger partial charge in [-0.25, -0.2) is 0 Å². The number of hydrogen-bond acceptors (Lipinski definition) is 4. The highest BCUT2D eigenvalue weighted by Crippen LogP contribution is 2.55. The van der Waals surface area contributed by atoms with Crippen LogP contribution in [0, 0.1) is 23.2 Å². The van der Waals surface area contributed by atoms with E-state index in [9.17, 15) is 15.0 Å². The molecular weight excluding hydrogens is 244 g/mol. The third-order valence-electron chi connectivity index (χ3n) is 5.61. The van der Waals surface area contributed by atoms with Crippen molar-refractivity contribution in [1.82, 2.24) is 0 Å². The summed E-state index contributed by atoms with van der Waals surface area (Å²) >= 11 is 0. The largest absolute Gasteiger partial charge is 0.461 e. The van der Waals surface area contributed by atoms with Gasteiger partial charge in [0, 0.05) is 5.92 Å². The molecule has 0 aromatic heterocycles. The minimum Gasteiger partial charge on any atom is -0.461 e. The van der Waals surface area contributed by atoms with Gasteiger partial charge in [-0.05, 0) is 25.7 Å². The number of carbonyl (C=O) groups is 1. The summed E-state index contributed by atoms with van der Waals surface area (Å²) in [6.45, 7) is 5.97. The molecule has 3 rings (SSSR count). The molecule has 4 nitrogen and oxygen atoms in total. The van der Waals surface area contributed by atoms with Gasteiger partial charge in [0.1, 0.15) is 6.10 Å². The van der Waals surface area contributed by atoms with Crippen LogP contribution in [0.4, 0.5) is 0 Å². The predicted octanol–water partition coefficient (Wildman–Crippen LogP) is 1.26. The molecule has 19 heavy (non-hydrogen) atoms. The van der Waals surface area contributed by atoms with Crippen molar-refractivity contribution >= 4 is 5.97 Å². The Morgan fingerprint density at radius 3 is 2.68 bits per heavy atom. The molecular formula is C15H22O4. The molecule has 2 N–H and O–H groups in total. The molecule has 0 amide bonds. The zero-order valence-electron chi connectivity index (χ0n) is 11.7. The van der Waals surface area contributed by atoms with Crippen LogP contribution in [0.25, 0.3) is 0 Å². The number of esters is 1. The highest BCUT2D eigenvalue weighted by Gasteiger charge is 2.60. The fourth-order valence-corrected chi connectivity index (χ4v) is 4.33. The van der Waals surface area contributed by atoms with Crippen LogP contribution in [0.5, 0.6) is 0 Å². The molecule has 4 heteroatoms. The Balaban J connectivity index is 2.08. The molecule has 106 valence electrons. The minimum atomic E-state index is -0.881. The molecule has 1 aliphatic heterocycles. The van der Waals surface area contributed by atoms with Crippen molar-refractivity contribution in [2.75, 3.05) is 0 Å². The van der Waals surface area contributed by atoms with E-state index in [0.717, 1.165) is 18.4 Å². The van der Waals surface area contributed by atoms with Gasteiger partial charge in [-0.2, -0.15) is 0 Å². The van der Waals surface area contributed by atoms with Crippen LogP contribution in [-0.4, -0.2) is 34.5 Å². The van der Waals surface area contributed by atoms with Gasteiger partial charge in [0.25, 0.3) is 0 Å². The summed E-state index contributed by atoms with van der Waals surface area (Å²) in [6.07, 6.45) is 1.65. The van der Waals surface area contributed by atoms with Crippen LogP contribution >= 0.6 is 0 Å². The highest BCUT2D eigenvalue weighted by molar-refractivity contribution is 5.75. The van der Waals surface area contributed by atoms with E-state index in [2.05, 4.69) is 6.92 Å². The lowest BCUT2D eigenvalue weighted by atomic mass is 9.69. The number of ether oxygens (including phenoxy) is 1. The van der Waals surface area contributed by atoms with E-state index in [1.165, 1.54) is 0 Å². The van der Waals surface area contributed by atoms with Gasteiger partial charge in [0.05, 0.1) is 23.5 Å². The molecule has 0 spiro atoms. The number of aliphatic hydroxyl groups excluding tert-OH is 2. The molecule has 3 aliphatic rings. The van der Waals surface area contributed by atoms with Gasteiger partial charge in [-0.3, -0.25) is 4.79 Å². The third kappa shape index (κ3) is 1.56. The number of aliphatic hydroxyl groups is 2. The lowest BCUT2D eigenvalue weighted by Crippen LogP contribution is -2.47. The zero-order chi connectivity index (χ0) is 13.9. The lowest BCUT2D eigenvalue weighted by molar-refractivity contribution is -0.151. The first-order chi connectivity index (χ1) is 8.87. The van der Waals surface area contributed by atoms with Gasteiger partial charge in [0.15, 0.2) is 0 Å². The Kier molecular flexibility index (Phi) is 2.81. The van der Waals surface area contributed by atoms with Gasteiger partial charge in [0.2, 0.25) is 0 Å². The van der Waals surface area contributed by atoms with Crippen molar-refractivity contribution in [2.45, 2.75) is 51.9 Å². The predicted molar refractivity (Wildman–Crippen MR) is 69.1 cm³/mol. The first kappa shape index (κ1) is 13.1. The zero-order valence-corrected chi connectivity index (χ0v) is 11.7. The van der Waals surface area contributed by atoms with Crippen molar-refractivity contribution in [3.05, 3.63) is 11.6 Å². The van der Waals surface area contributed by atoms with E-state index >= 15 is 0 Å². The van der Waals surface area contributed by atoms with Crippen LogP contribution in [0.1, 0.15) is 33.6 Å². The van der Waals surface area contributed by atoms with E-state index < -0.39 is 17.6 Å². The van der Waals surface area contributed by atoms with E-state index in [1.54, 1.807) is 6.08 Å². The molecule has 0 bridgehead atoms. The number of fused-ring (bicyclic) bond motifs is 3. The maximum Gasteiger partial charge on any atom is 0.309 e. The number of hydrogen-bond donors (Lipinski definition) is 2. The smallest absolute Gasteiger partial charge is 0.309 e. The minimum absolute atomic E-state index is 0.113. The van der Waals surface area contributed by atoms with E-state index in [-0.39, 0.29) is 23.9 Å². The molecule has 1 heterocycles. The maximum atomic E-state index is 11.9. The fraction of sp³-hybridized carbons (Fsp3) is 0.800. The van der Waals surface area contributed by atoms with Gasteiger partial charge < -0.3 is 14.9 Å². The average Bonchev–Trinajstić information content (AvgIpc) is 2.74. The molecule has 1 saturated heterocycles. The van der Waals surface area contributed by atoms with Gasteiger partial charge in [-0.1, -0.05) is 25.5 Å². The Bertz CT molecular complexity index is 443. The SMILES string of the molecule is C[C@@H]1C(=O)O[C@@H]2[C@H]1CC[C@H](C)C1=C[C@H](O)[C@H](O)[C@]12C. The van der Waals surface area contributed by atoms with Crippen molar-refractivity contribution < 1.29 is 19.7 Å². The van der Waals surface area contributed by atoms with E-state index in [4.69, 9.17) is 4.74 Å². The number of rotatable bonds is 0. The quantitative estimate of drug-likeness (QED) is 0.512. The number of carbonyl (C=O) groups excluding carboxylic acids is 1. The van der Waals surface area contributed by atoms with Crippen LogP contribution in [0.3, 0.4) is 0 Å². The van der Waals surface area contributed by atoms with Crippen LogP contribution < -0.4 is 0 Å². The molecule has 2 aliphatic carbocycles. The summed E-state index contributed by atoms with van der Waals surface area (Å²) in [4.78, 5) is 11.9. The first-order valence-electron chi connectivity index (χ1n) is 7.16. The first-order valence-corrected chi connectivity index (χ1v) is 7.16. The Morgan fingerprint density at radius 1 is 1.32 bits per heavy atom. The second-order valence-corrected chi connectivity index (χ2v) is 6.63. The summed E-state index contributed by atoms with van der Waals surface area (Å²) in [6, 6.07) is 0. The summed E-state index contributed by atoms with van der Waals surface area (Å²) in [5.74, 6) is 0.177. The van der Waals surface area contributed by atoms with E-state index in [1.807, 2.05) is 13.8 Å². The van der Waals surface area contributed by atoms with Crippen LogP contribution in [0.2, 0.25) is 0 Å². The molecule has 2 fully saturated rings. The second kappa shape index (κ2) is 4.06. The van der Waals surface area contributed by atoms with Gasteiger partial charge >= 0.3 is 5.97 Å². The van der Waals surface area contributed by atoms with Crippen molar-refractivity contribution in [2.24, 2.45) is 23.2 Å². The van der Waals surface area contributed by atoms with Crippen molar-refractivity contribution in [1.29, 1.82) is 0 Å². The average molecular weight is 266 g/mol. The second-order valence-electron chi connectivity index (χ2n) is 6.63. The molecule has 7 atom stereocenters. The summed E-state index contributed by atoms with van der Waals surface area (Å²) in [5, 5.41) is 20.4. The summed E-state index contributed by atoms with van der Waals surface area (Å²) in [5.41, 5.74) is 0.419. The molecule has 0 aromatic rings. The Labute approximate surface area is 113 Å². The highest BCUT2D eigenvalue weighted by atomic mass is 16.6. The lowest BCUT2D eigenvalue weighted by Gasteiger charge is -2.39. The molecule has 0 radical (unpaired) electrons. The van der Waals surface area contributed by atoms with Crippen LogP contribution in [-0.2, 0) is 9.53 Å². The Hall–Kier alpha value is -0.870. The standard InChI is InChI=1S/C15H22O4/c1-7-4-5-9-8(2)14(18)19-13(9)15(3)10(7)6-11(16)12(15)17/h6-9,11-13,16-17H,4-5H2,1-3H3/t7-,8-,9-,11-,12-,13+,15-/m0/s1. The Morgan fingerprint density at radius 2 is 2.00 bits per heavy atom. The molecule has 1 saturated carbocycles. The van der Waals surface area contributed by atoms with Crippen molar-refractivity contribution in [3.8, 4) is 0 Å². The third-order valence-corrected chi connectivity index (χ3v) is 5.61. The monoisotopic (exact) mass is 266 g/mol. The van der Waals surface area contributed by atoms with E-state index in [0.29, 0.717) is 5.92 Å². The van der Waals surface area contributed by atoms with Crippen molar-refractivity contribution in [3.63, 3.8) is 0 Å². The molecule has 0 unspecified atom stereocenters. The summed E-state index contributed by atoms with van der Waals surface area (Å²) < 4.78 is 5.59. The van der Waals surface area contributed by atoms with Crippen LogP contribution in [0.15, 0.2) is 11.6 Å². The molecule has 0 aromatic carbocycles. The normalized spacial score (nSPS) is 53.1. The fourth-order valence-electron chi connectivity index (χ4n) is 4.33. The van der Waals surface area contributed by atoms with Gasteiger partial charge in [-0.15, -0.1) is 0 Å². The summed E-state index contributed by atoms with van der Waals surface area (Å²) in [7, 11) is 0. The maximum absolute atomic E-state index is 11.9.